The fourth-order valence-electron chi connectivity index (χ4n) is 2.81. The molecule has 4 heteroatoms. The Morgan fingerprint density at radius 3 is 2.64 bits per heavy atom. The Kier molecular flexibility index (Phi) is 6.10. The van der Waals surface area contributed by atoms with E-state index in [1.54, 1.807) is 7.11 Å². The van der Waals surface area contributed by atoms with Gasteiger partial charge in [0, 0.05) is 6.07 Å². The Balaban J connectivity index is 1.77. The summed E-state index contributed by atoms with van der Waals surface area (Å²) in [6.45, 7) is 4.53. The molecule has 1 aromatic rings. The first-order chi connectivity index (χ1) is 10.6. The maximum Gasteiger partial charge on any atom is 0.246 e. The molecule has 0 aliphatic carbocycles. The number of anilines is 2. The second-order valence-corrected chi connectivity index (χ2v) is 6.48. The van der Waals surface area contributed by atoms with Crippen LogP contribution in [0.4, 0.5) is 11.4 Å². The summed E-state index contributed by atoms with van der Waals surface area (Å²) in [6.07, 6.45) is 7.05. The van der Waals surface area contributed by atoms with Gasteiger partial charge < -0.3 is 15.4 Å². The lowest BCUT2D eigenvalue weighted by molar-refractivity contribution is -0.117. The Bertz CT molecular complexity index is 500. The van der Waals surface area contributed by atoms with Gasteiger partial charge in [0.1, 0.15) is 11.8 Å². The van der Waals surface area contributed by atoms with Gasteiger partial charge in [0.15, 0.2) is 0 Å². The molecule has 1 amide bonds. The molecule has 1 aliphatic heterocycles. The van der Waals surface area contributed by atoms with Crippen molar-refractivity contribution >= 4 is 17.3 Å². The van der Waals surface area contributed by atoms with Gasteiger partial charge in [-0.25, -0.2) is 0 Å². The molecule has 22 heavy (non-hydrogen) atoms. The first kappa shape index (κ1) is 16.7. The van der Waals surface area contributed by atoms with Crippen LogP contribution in [0.3, 0.4) is 0 Å². The van der Waals surface area contributed by atoms with Crippen LogP contribution in [-0.4, -0.2) is 19.1 Å². The molecule has 1 heterocycles. The van der Waals surface area contributed by atoms with Crippen molar-refractivity contribution in [1.82, 2.24) is 0 Å². The number of carbonyl (C=O) groups excluding carboxylic acids is 1. The molecule has 0 saturated heterocycles. The quantitative estimate of drug-likeness (QED) is 0.699. The zero-order chi connectivity index (χ0) is 15.9. The average Bonchev–Trinajstić information content (AvgIpc) is 2.50. The van der Waals surface area contributed by atoms with Crippen LogP contribution in [0, 0.1) is 5.92 Å². The van der Waals surface area contributed by atoms with Gasteiger partial charge in [-0.05, 0) is 24.5 Å². The van der Waals surface area contributed by atoms with Crippen LogP contribution in [0.25, 0.3) is 0 Å². The van der Waals surface area contributed by atoms with Crippen LogP contribution >= 0.6 is 0 Å². The molecule has 1 aliphatic rings. The van der Waals surface area contributed by atoms with Crippen LogP contribution in [0.2, 0.25) is 0 Å². The van der Waals surface area contributed by atoms with Gasteiger partial charge in [-0.3, -0.25) is 4.79 Å². The van der Waals surface area contributed by atoms with Gasteiger partial charge in [-0.1, -0.05) is 46.0 Å². The number of carbonyl (C=O) groups is 1. The van der Waals surface area contributed by atoms with Crippen molar-refractivity contribution in [1.29, 1.82) is 0 Å². The summed E-state index contributed by atoms with van der Waals surface area (Å²) < 4.78 is 5.18. The van der Waals surface area contributed by atoms with E-state index in [1.165, 1.54) is 25.7 Å². The molecule has 122 valence electrons. The lowest BCUT2D eigenvalue weighted by Gasteiger charge is -2.27. The van der Waals surface area contributed by atoms with Gasteiger partial charge in [-0.2, -0.15) is 0 Å². The van der Waals surface area contributed by atoms with E-state index in [1.807, 2.05) is 18.2 Å². The summed E-state index contributed by atoms with van der Waals surface area (Å²) in [5, 5.41) is 6.31. The molecule has 4 nitrogen and oxygen atoms in total. The molecule has 0 aromatic heterocycles. The Hall–Kier alpha value is -1.71. The predicted octanol–water partition coefficient (Wildman–Crippen LogP) is 4.42. The van der Waals surface area contributed by atoms with Crippen molar-refractivity contribution < 1.29 is 9.53 Å². The monoisotopic (exact) mass is 304 g/mol. The van der Waals surface area contributed by atoms with Crippen molar-refractivity contribution in [3.05, 3.63) is 18.2 Å². The Labute approximate surface area is 133 Å². The lowest BCUT2D eigenvalue weighted by atomic mass is 10.0. The molecule has 0 fully saturated rings. The smallest absolute Gasteiger partial charge is 0.246 e. The highest BCUT2D eigenvalue weighted by molar-refractivity contribution is 6.03. The molecule has 1 unspecified atom stereocenters. The molecule has 2 rings (SSSR count). The van der Waals surface area contributed by atoms with Crippen LogP contribution in [0.15, 0.2) is 18.2 Å². The fraction of sp³-hybridized carbons (Fsp3) is 0.611. The van der Waals surface area contributed by atoms with Gasteiger partial charge in [-0.15, -0.1) is 0 Å². The highest BCUT2D eigenvalue weighted by atomic mass is 16.5. The molecule has 0 saturated carbocycles. The number of methoxy groups -OCH3 is 1. The summed E-state index contributed by atoms with van der Waals surface area (Å²) >= 11 is 0. The van der Waals surface area contributed by atoms with Crippen molar-refractivity contribution in [3.8, 4) is 5.75 Å². The van der Waals surface area contributed by atoms with E-state index in [0.717, 1.165) is 35.9 Å². The van der Waals surface area contributed by atoms with E-state index in [9.17, 15) is 4.79 Å². The molecule has 2 N–H and O–H groups in total. The third-order valence-electron chi connectivity index (χ3n) is 4.16. The first-order valence-electron chi connectivity index (χ1n) is 8.35. The highest BCUT2D eigenvalue weighted by Crippen LogP contribution is 2.31. The normalized spacial score (nSPS) is 16.9. The molecular weight excluding hydrogens is 276 g/mol. The minimum Gasteiger partial charge on any atom is -0.497 e. The van der Waals surface area contributed by atoms with Crippen molar-refractivity contribution in [2.75, 3.05) is 17.7 Å². The summed E-state index contributed by atoms with van der Waals surface area (Å²) in [6, 6.07) is 5.60. The highest BCUT2D eigenvalue weighted by Gasteiger charge is 2.24. The topological polar surface area (TPSA) is 50.4 Å². The maximum absolute atomic E-state index is 12.2. The van der Waals surface area contributed by atoms with Gasteiger partial charge in [0.2, 0.25) is 5.91 Å². The zero-order valence-electron chi connectivity index (χ0n) is 13.9. The second kappa shape index (κ2) is 8.06. The third-order valence-corrected chi connectivity index (χ3v) is 4.16. The summed E-state index contributed by atoms with van der Waals surface area (Å²) in [4.78, 5) is 12.2. The molecular formula is C18H28N2O2. The molecule has 1 atom stereocenters. The van der Waals surface area contributed by atoms with Gasteiger partial charge in [0.05, 0.1) is 18.5 Å². The first-order valence-corrected chi connectivity index (χ1v) is 8.35. The zero-order valence-corrected chi connectivity index (χ0v) is 13.9. The number of ether oxygens (including phenoxy) is 1. The van der Waals surface area contributed by atoms with Crippen LogP contribution < -0.4 is 15.4 Å². The molecule has 1 aromatic carbocycles. The molecule has 0 spiro atoms. The third kappa shape index (κ3) is 4.65. The number of hydrogen-bond acceptors (Lipinski definition) is 3. The molecule has 0 bridgehead atoms. The molecule has 0 radical (unpaired) electrons. The number of unbranched alkanes of at least 4 members (excludes halogenated alkanes) is 3. The van der Waals surface area contributed by atoms with E-state index in [4.69, 9.17) is 4.74 Å². The Morgan fingerprint density at radius 1 is 1.14 bits per heavy atom. The largest absolute Gasteiger partial charge is 0.497 e. The SMILES string of the molecule is COc1ccc2c(c1)NC(=O)C(CCCCCCC(C)C)N2. The van der Waals surface area contributed by atoms with Crippen molar-refractivity contribution in [3.63, 3.8) is 0 Å². The van der Waals surface area contributed by atoms with E-state index >= 15 is 0 Å². The lowest BCUT2D eigenvalue weighted by Crippen LogP contribution is -2.38. The number of hydrogen-bond donors (Lipinski definition) is 2. The minimum absolute atomic E-state index is 0.0583. The number of rotatable bonds is 8. The number of fused-ring (bicyclic) bond motifs is 1. The average molecular weight is 304 g/mol. The maximum atomic E-state index is 12.2. The van der Waals surface area contributed by atoms with Crippen LogP contribution in [-0.2, 0) is 4.79 Å². The summed E-state index contributed by atoms with van der Waals surface area (Å²) in [5.74, 6) is 1.60. The van der Waals surface area contributed by atoms with Crippen LogP contribution in [0.5, 0.6) is 5.75 Å². The number of nitrogens with one attached hydrogen (secondary N) is 2. The summed E-state index contributed by atoms with van der Waals surface area (Å²) in [5.41, 5.74) is 1.78. The van der Waals surface area contributed by atoms with Crippen molar-refractivity contribution in [2.45, 2.75) is 58.4 Å². The standard InChI is InChI=1S/C18H28N2O2/c1-13(2)8-6-4-5-7-9-16-18(21)20-17-12-14(22-3)10-11-15(17)19-16/h10-13,16,19H,4-9H2,1-3H3,(H,20,21). The fourth-order valence-corrected chi connectivity index (χ4v) is 2.81. The van der Waals surface area contributed by atoms with Gasteiger partial charge >= 0.3 is 0 Å². The Morgan fingerprint density at radius 2 is 1.91 bits per heavy atom. The summed E-state index contributed by atoms with van der Waals surface area (Å²) in [7, 11) is 1.63. The minimum atomic E-state index is -0.119. The second-order valence-electron chi connectivity index (χ2n) is 6.48. The van der Waals surface area contributed by atoms with Gasteiger partial charge in [0.25, 0.3) is 0 Å². The van der Waals surface area contributed by atoms with E-state index in [0.29, 0.717) is 0 Å². The van der Waals surface area contributed by atoms with Crippen molar-refractivity contribution in [2.24, 2.45) is 5.92 Å². The van der Waals surface area contributed by atoms with E-state index in [-0.39, 0.29) is 11.9 Å². The van der Waals surface area contributed by atoms with E-state index in [2.05, 4.69) is 24.5 Å². The number of benzene rings is 1. The number of amides is 1. The predicted molar refractivity (Wildman–Crippen MR) is 91.6 cm³/mol. The van der Waals surface area contributed by atoms with Crippen LogP contribution in [0.1, 0.15) is 52.4 Å². The van der Waals surface area contributed by atoms with E-state index < -0.39 is 0 Å².